The lowest BCUT2D eigenvalue weighted by Gasteiger charge is -2.39. The normalized spacial score (nSPS) is 19.8. The van der Waals surface area contributed by atoms with Gasteiger partial charge in [0.15, 0.2) is 12.4 Å². The first kappa shape index (κ1) is 65.0. The fraction of sp³-hybridized carbons (Fsp3) is 0.554. The zero-order valence-corrected chi connectivity index (χ0v) is 48.6. The molecule has 5 amide bonds. The van der Waals surface area contributed by atoms with Gasteiger partial charge in [-0.15, -0.1) is 0 Å². The minimum absolute atomic E-state index is 0.0607. The van der Waals surface area contributed by atoms with E-state index in [-0.39, 0.29) is 57.7 Å². The molecule has 4 aromatic rings. The Labute approximate surface area is 485 Å². The number of rotatable bonds is 34. The molecule has 9 atom stereocenters. The number of aromatic hydroxyl groups is 1. The number of hydrogen-bond donors (Lipinski definition) is 9. The van der Waals surface area contributed by atoms with Gasteiger partial charge in [0.25, 0.3) is 5.91 Å². The summed E-state index contributed by atoms with van der Waals surface area (Å²) in [5.74, 6) is -2.70. The molecule has 0 bridgehead atoms. The highest BCUT2D eigenvalue weighted by atomic mass is 16.7. The van der Waals surface area contributed by atoms with Gasteiger partial charge in [-0.05, 0) is 97.0 Å². The highest BCUT2D eigenvalue weighted by Gasteiger charge is 2.47. The maximum Gasteiger partial charge on any atom is 0.252 e. The van der Waals surface area contributed by atoms with E-state index < -0.39 is 84.4 Å². The maximum absolute atomic E-state index is 14.7. The summed E-state index contributed by atoms with van der Waals surface area (Å²) in [4.78, 5) is 72.8. The molecule has 2 aliphatic rings. The summed E-state index contributed by atoms with van der Waals surface area (Å²) in [7, 11) is 0. The van der Waals surface area contributed by atoms with Crippen LogP contribution in [0.3, 0.4) is 0 Å². The number of fused-ring (bicyclic) bond motifs is 1. The summed E-state index contributed by atoms with van der Waals surface area (Å²) in [6, 6.07) is 24.9. The number of nitrogens with one attached hydrogen (secondary N) is 4. The standard InChI is InChI=1S/C65H92N6O11/c1-4-5-6-7-8-9-10-11-12-13-14-15-16-27-36-81-65-58(75)56(73)57(74)59(82-65)63(79)67-35-26-25-34-53(60(76)68-42-47-30-21-18-22-31-47)69-61(77)54(39-46-28-19-17-20-29-46)70-62(78)55-40-48-32-23-24-33-49(48)43-71(55)64(80)52(66)41-51-44(2)37-50(72)38-45(51)3/h17-24,28-33,37-38,52-59,65,72-75H,4-16,25-27,34-36,39-43,66H2,1-3H3,(H,67,79)(H,68,76)(H,69,77)(H,70,78)/t52-,53+,54-,55-,56-,57-,58+,59-,65+/m0/s1. The summed E-state index contributed by atoms with van der Waals surface area (Å²) in [6.45, 7) is 6.56. The molecular weight excluding hydrogens is 1040 g/mol. The van der Waals surface area contributed by atoms with Gasteiger partial charge in [-0.1, -0.05) is 175 Å². The van der Waals surface area contributed by atoms with Gasteiger partial charge in [0, 0.05) is 39.1 Å². The van der Waals surface area contributed by atoms with Crippen molar-refractivity contribution in [3.8, 4) is 5.75 Å². The van der Waals surface area contributed by atoms with Crippen molar-refractivity contribution < 1.29 is 53.9 Å². The van der Waals surface area contributed by atoms with Gasteiger partial charge in [0.2, 0.25) is 23.6 Å². The molecule has 0 saturated carbocycles. The summed E-state index contributed by atoms with van der Waals surface area (Å²) < 4.78 is 11.5. The van der Waals surface area contributed by atoms with Crippen LogP contribution in [0.25, 0.3) is 0 Å². The Morgan fingerprint density at radius 1 is 0.634 bits per heavy atom. The van der Waals surface area contributed by atoms with E-state index in [4.69, 9.17) is 15.2 Å². The largest absolute Gasteiger partial charge is 0.508 e. The van der Waals surface area contributed by atoms with E-state index in [1.807, 2.05) is 98.8 Å². The zero-order valence-electron chi connectivity index (χ0n) is 48.6. The van der Waals surface area contributed by atoms with Gasteiger partial charge in [-0.25, -0.2) is 0 Å². The Hall–Kier alpha value is -6.21. The Balaban J connectivity index is 1.05. The molecule has 0 spiro atoms. The summed E-state index contributed by atoms with van der Waals surface area (Å²) in [5.41, 5.74) is 12.4. The molecule has 2 heterocycles. The second-order valence-electron chi connectivity index (χ2n) is 22.5. The lowest BCUT2D eigenvalue weighted by atomic mass is 9.91. The number of unbranched alkanes of at least 4 members (excludes halogenated alkanes) is 14. The number of ether oxygens (including phenoxy) is 2. The van der Waals surface area contributed by atoms with Crippen molar-refractivity contribution in [1.82, 2.24) is 26.2 Å². The van der Waals surface area contributed by atoms with Crippen molar-refractivity contribution in [2.45, 2.75) is 217 Å². The third-order valence-corrected chi connectivity index (χ3v) is 15.9. The molecular formula is C65H92N6O11. The van der Waals surface area contributed by atoms with Gasteiger partial charge < -0.3 is 61.8 Å². The smallest absolute Gasteiger partial charge is 0.252 e. The Bertz CT molecular complexity index is 2580. The number of aliphatic hydroxyl groups excluding tert-OH is 3. The van der Waals surface area contributed by atoms with Crippen LogP contribution in [0.2, 0.25) is 0 Å². The average Bonchev–Trinajstić information content (AvgIpc) is 3.56. The van der Waals surface area contributed by atoms with Gasteiger partial charge in [-0.3, -0.25) is 24.0 Å². The van der Waals surface area contributed by atoms with E-state index in [1.54, 1.807) is 12.1 Å². The number of benzene rings is 4. The predicted molar refractivity (Wildman–Crippen MR) is 316 cm³/mol. The number of amides is 5. The van der Waals surface area contributed by atoms with Gasteiger partial charge >= 0.3 is 0 Å². The van der Waals surface area contributed by atoms with Gasteiger partial charge in [0.05, 0.1) is 6.04 Å². The van der Waals surface area contributed by atoms with Crippen LogP contribution in [0.4, 0.5) is 0 Å². The number of carbonyl (C=O) groups excluding carboxylic acids is 5. The van der Waals surface area contributed by atoms with Crippen molar-refractivity contribution in [2.75, 3.05) is 13.2 Å². The van der Waals surface area contributed by atoms with Gasteiger partial charge in [-0.2, -0.15) is 0 Å². The minimum atomic E-state index is -1.71. The Morgan fingerprint density at radius 3 is 1.83 bits per heavy atom. The maximum atomic E-state index is 14.7. The number of hydrogen-bond acceptors (Lipinski definition) is 12. The number of phenolic OH excluding ortho intramolecular Hbond substituents is 1. The molecule has 1 fully saturated rings. The van der Waals surface area contributed by atoms with E-state index in [9.17, 15) is 44.4 Å². The molecule has 17 nitrogen and oxygen atoms in total. The predicted octanol–water partition coefficient (Wildman–Crippen LogP) is 6.95. The van der Waals surface area contributed by atoms with Gasteiger partial charge in [0.1, 0.15) is 42.2 Å². The van der Waals surface area contributed by atoms with Crippen molar-refractivity contribution in [1.29, 1.82) is 0 Å². The molecule has 448 valence electrons. The number of carbonyl (C=O) groups is 5. The van der Waals surface area contributed by atoms with E-state index in [2.05, 4.69) is 28.2 Å². The van der Waals surface area contributed by atoms with Crippen LogP contribution >= 0.6 is 0 Å². The lowest BCUT2D eigenvalue weighted by Crippen LogP contribution is -2.62. The van der Waals surface area contributed by atoms with Crippen LogP contribution in [-0.2, 0) is 65.8 Å². The second kappa shape index (κ2) is 34.4. The monoisotopic (exact) mass is 1130 g/mol. The fourth-order valence-corrected chi connectivity index (χ4v) is 11.1. The van der Waals surface area contributed by atoms with Crippen molar-refractivity contribution in [3.63, 3.8) is 0 Å². The number of aryl methyl sites for hydroxylation is 2. The first-order chi connectivity index (χ1) is 39.6. The SMILES string of the molecule is CCCCCCCCCCCCCCCCO[C@@H]1O[C@H](C(=O)NCCCC[C@@H](NC(=O)[C@H](Cc2ccccc2)NC(=O)[C@@H]2Cc3ccccc3CN2C(=O)[C@@H](N)Cc2c(C)cc(O)cc2C)C(=O)NCc2ccccc2)[C@@H](O)[C@H](O)[C@H]1O. The first-order valence-electron chi connectivity index (χ1n) is 30.1. The van der Waals surface area contributed by atoms with Crippen LogP contribution in [0.5, 0.6) is 5.75 Å². The third kappa shape index (κ3) is 20.3. The van der Waals surface area contributed by atoms with E-state index in [1.165, 1.54) is 69.1 Å². The summed E-state index contributed by atoms with van der Waals surface area (Å²) in [6.07, 6.45) is 10.2. The Kier molecular flexibility index (Phi) is 27.3. The summed E-state index contributed by atoms with van der Waals surface area (Å²) >= 11 is 0. The fourth-order valence-electron chi connectivity index (χ4n) is 11.1. The van der Waals surface area contributed by atoms with Crippen molar-refractivity contribution >= 4 is 29.5 Å². The molecule has 6 rings (SSSR count). The molecule has 1 saturated heterocycles. The molecule has 4 aromatic carbocycles. The average molecular weight is 1130 g/mol. The third-order valence-electron chi connectivity index (χ3n) is 15.9. The minimum Gasteiger partial charge on any atom is -0.508 e. The quantitative estimate of drug-likeness (QED) is 0.0215. The first-order valence-corrected chi connectivity index (χ1v) is 30.1. The van der Waals surface area contributed by atoms with E-state index in [0.717, 1.165) is 58.2 Å². The van der Waals surface area contributed by atoms with Crippen LogP contribution in [0, 0.1) is 13.8 Å². The molecule has 0 aliphatic carbocycles. The summed E-state index contributed by atoms with van der Waals surface area (Å²) in [5, 5.41) is 53.9. The number of nitrogens with two attached hydrogens (primary N) is 1. The molecule has 0 aromatic heterocycles. The molecule has 0 unspecified atom stereocenters. The lowest BCUT2D eigenvalue weighted by molar-refractivity contribution is -0.290. The Morgan fingerprint density at radius 2 is 1.21 bits per heavy atom. The van der Waals surface area contributed by atoms with E-state index >= 15 is 0 Å². The highest BCUT2D eigenvalue weighted by molar-refractivity contribution is 5.95. The van der Waals surface area contributed by atoms with Crippen LogP contribution in [0.1, 0.15) is 155 Å². The van der Waals surface area contributed by atoms with Crippen LogP contribution < -0.4 is 27.0 Å². The number of nitrogens with zero attached hydrogens (tertiary/aromatic N) is 1. The van der Waals surface area contributed by atoms with Crippen LogP contribution in [0.15, 0.2) is 97.1 Å². The molecule has 10 N–H and O–H groups in total. The van der Waals surface area contributed by atoms with Crippen molar-refractivity contribution in [3.05, 3.63) is 136 Å². The molecule has 0 radical (unpaired) electrons. The molecule has 2 aliphatic heterocycles. The van der Waals surface area contributed by atoms with Crippen molar-refractivity contribution in [2.24, 2.45) is 5.73 Å². The highest BCUT2D eigenvalue weighted by Crippen LogP contribution is 2.28. The molecule has 82 heavy (non-hydrogen) atoms. The molecule has 17 heteroatoms. The van der Waals surface area contributed by atoms with E-state index in [0.29, 0.717) is 19.3 Å². The second-order valence-corrected chi connectivity index (χ2v) is 22.5. The number of phenols is 1. The van der Waals surface area contributed by atoms with Crippen LogP contribution in [-0.4, -0.2) is 123 Å². The zero-order chi connectivity index (χ0) is 58.8. The number of aliphatic hydroxyl groups is 3. The topological polar surface area (TPSA) is 262 Å².